The van der Waals surface area contributed by atoms with Gasteiger partial charge in [0.2, 0.25) is 10.0 Å². The molecule has 1 N–H and O–H groups in total. The number of nitrogens with zero attached hydrogens (tertiary/aromatic N) is 2. The van der Waals surface area contributed by atoms with E-state index in [9.17, 15) is 8.42 Å². The first-order chi connectivity index (χ1) is 12.1. The standard InChI is InChI=1S/C19H19N3O2S/c23-25(24,14-11-17-7-2-1-3-8-17)21-15-18-9-4-5-10-19(18)16-22-13-6-12-20-22/h1-14,21H,15-16H2/b14-11+. The third-order valence-corrected chi connectivity index (χ3v) is 4.75. The Morgan fingerprint density at radius 2 is 1.68 bits per heavy atom. The molecule has 1 heterocycles. The van der Waals surface area contributed by atoms with Crippen LogP contribution < -0.4 is 4.72 Å². The molecule has 0 aliphatic heterocycles. The van der Waals surface area contributed by atoms with Gasteiger partial charge in [-0.3, -0.25) is 4.68 Å². The number of hydrogen-bond donors (Lipinski definition) is 1. The van der Waals surface area contributed by atoms with Gasteiger partial charge in [0.05, 0.1) is 6.54 Å². The van der Waals surface area contributed by atoms with Gasteiger partial charge in [0.15, 0.2) is 0 Å². The van der Waals surface area contributed by atoms with E-state index in [1.54, 1.807) is 12.3 Å². The molecule has 1 aromatic heterocycles. The monoisotopic (exact) mass is 353 g/mol. The van der Waals surface area contributed by atoms with E-state index in [4.69, 9.17) is 0 Å². The lowest BCUT2D eigenvalue weighted by Crippen LogP contribution is -2.21. The summed E-state index contributed by atoms with van der Waals surface area (Å²) in [5, 5.41) is 5.38. The Labute approximate surface area is 147 Å². The van der Waals surface area contributed by atoms with Crippen LogP contribution in [0.4, 0.5) is 0 Å². The molecule has 0 fully saturated rings. The molecule has 3 rings (SSSR count). The molecule has 0 bridgehead atoms. The van der Waals surface area contributed by atoms with Crippen LogP contribution in [-0.2, 0) is 23.1 Å². The van der Waals surface area contributed by atoms with Crippen molar-refractivity contribution < 1.29 is 8.42 Å². The van der Waals surface area contributed by atoms with Crippen molar-refractivity contribution in [3.05, 3.63) is 95.2 Å². The lowest BCUT2D eigenvalue weighted by atomic mass is 10.1. The third-order valence-electron chi connectivity index (χ3n) is 3.71. The molecule has 2 aromatic carbocycles. The van der Waals surface area contributed by atoms with Crippen LogP contribution in [0.25, 0.3) is 6.08 Å². The zero-order chi connectivity index (χ0) is 17.5. The second-order valence-electron chi connectivity index (χ2n) is 5.55. The predicted octanol–water partition coefficient (Wildman–Crippen LogP) is 3.02. The minimum atomic E-state index is -3.51. The number of rotatable bonds is 7. The van der Waals surface area contributed by atoms with E-state index < -0.39 is 10.0 Å². The first-order valence-electron chi connectivity index (χ1n) is 7.89. The van der Waals surface area contributed by atoms with Crippen LogP contribution in [0.15, 0.2) is 78.5 Å². The Kier molecular flexibility index (Phi) is 5.42. The van der Waals surface area contributed by atoms with Gasteiger partial charge in [-0.05, 0) is 28.8 Å². The average Bonchev–Trinajstić information content (AvgIpc) is 3.13. The van der Waals surface area contributed by atoms with Crippen molar-refractivity contribution in [1.82, 2.24) is 14.5 Å². The van der Waals surface area contributed by atoms with E-state index >= 15 is 0 Å². The molecule has 128 valence electrons. The largest absolute Gasteiger partial charge is 0.268 e. The van der Waals surface area contributed by atoms with E-state index in [0.717, 1.165) is 16.7 Å². The van der Waals surface area contributed by atoms with Crippen molar-refractivity contribution in [3.63, 3.8) is 0 Å². The van der Waals surface area contributed by atoms with Crippen LogP contribution in [0, 0.1) is 0 Å². The summed E-state index contributed by atoms with van der Waals surface area (Å²) < 4.78 is 28.8. The predicted molar refractivity (Wildman–Crippen MR) is 99.0 cm³/mol. The van der Waals surface area contributed by atoms with Crippen molar-refractivity contribution in [1.29, 1.82) is 0 Å². The fourth-order valence-corrected chi connectivity index (χ4v) is 3.20. The SMILES string of the molecule is O=S(=O)(/C=C/c1ccccc1)NCc1ccccc1Cn1cccn1. The maximum absolute atomic E-state index is 12.2. The van der Waals surface area contributed by atoms with Crippen LogP contribution in [0.3, 0.4) is 0 Å². The van der Waals surface area contributed by atoms with E-state index in [2.05, 4.69) is 9.82 Å². The number of sulfonamides is 1. The second-order valence-corrected chi connectivity index (χ2v) is 7.20. The summed E-state index contributed by atoms with van der Waals surface area (Å²) in [6.45, 7) is 0.837. The molecular weight excluding hydrogens is 334 g/mol. The second kappa shape index (κ2) is 7.92. The topological polar surface area (TPSA) is 64.0 Å². The number of benzene rings is 2. The van der Waals surface area contributed by atoms with Crippen molar-refractivity contribution in [2.45, 2.75) is 13.1 Å². The van der Waals surface area contributed by atoms with E-state index in [1.807, 2.05) is 71.5 Å². The Bertz CT molecular complexity index is 934. The highest BCUT2D eigenvalue weighted by molar-refractivity contribution is 7.92. The lowest BCUT2D eigenvalue weighted by molar-refractivity contribution is 0.590. The number of nitrogens with one attached hydrogen (secondary N) is 1. The smallest absolute Gasteiger partial charge is 0.234 e. The molecule has 3 aromatic rings. The van der Waals surface area contributed by atoms with E-state index in [-0.39, 0.29) is 6.54 Å². The summed E-state index contributed by atoms with van der Waals surface area (Å²) in [6, 6.07) is 18.9. The van der Waals surface area contributed by atoms with Crippen LogP contribution in [0.2, 0.25) is 0 Å². The molecule has 0 atom stereocenters. The molecule has 0 saturated heterocycles. The highest BCUT2D eigenvalue weighted by Gasteiger charge is 2.08. The highest BCUT2D eigenvalue weighted by Crippen LogP contribution is 2.11. The molecule has 0 saturated carbocycles. The van der Waals surface area contributed by atoms with Gasteiger partial charge in [-0.2, -0.15) is 5.10 Å². The van der Waals surface area contributed by atoms with E-state index in [1.165, 1.54) is 5.41 Å². The first-order valence-corrected chi connectivity index (χ1v) is 9.44. The van der Waals surface area contributed by atoms with Crippen LogP contribution in [-0.4, -0.2) is 18.2 Å². The maximum Gasteiger partial charge on any atom is 0.234 e. The van der Waals surface area contributed by atoms with E-state index in [0.29, 0.717) is 6.54 Å². The number of hydrogen-bond acceptors (Lipinski definition) is 3. The molecule has 0 amide bonds. The summed E-state index contributed by atoms with van der Waals surface area (Å²) in [5.74, 6) is 0. The molecule has 25 heavy (non-hydrogen) atoms. The fraction of sp³-hybridized carbons (Fsp3) is 0.105. The molecular formula is C19H19N3O2S. The number of aromatic nitrogens is 2. The summed E-state index contributed by atoms with van der Waals surface area (Å²) >= 11 is 0. The third kappa shape index (κ3) is 5.14. The van der Waals surface area contributed by atoms with Gasteiger partial charge in [-0.1, -0.05) is 54.6 Å². The van der Waals surface area contributed by atoms with Gasteiger partial charge in [0.1, 0.15) is 0 Å². The maximum atomic E-state index is 12.2. The van der Waals surface area contributed by atoms with Gasteiger partial charge in [0, 0.05) is 24.3 Å². The lowest BCUT2D eigenvalue weighted by Gasteiger charge is -2.10. The normalized spacial score (nSPS) is 11.8. The summed E-state index contributed by atoms with van der Waals surface area (Å²) in [7, 11) is -3.51. The zero-order valence-electron chi connectivity index (χ0n) is 13.6. The quantitative estimate of drug-likeness (QED) is 0.710. The molecule has 0 spiro atoms. The first kappa shape index (κ1) is 17.1. The summed E-state index contributed by atoms with van der Waals surface area (Å²) in [5.41, 5.74) is 2.79. The van der Waals surface area contributed by atoms with Crippen LogP contribution in [0.1, 0.15) is 16.7 Å². The van der Waals surface area contributed by atoms with Crippen molar-refractivity contribution in [3.8, 4) is 0 Å². The van der Waals surface area contributed by atoms with Gasteiger partial charge in [0.25, 0.3) is 0 Å². The molecule has 0 aliphatic carbocycles. The van der Waals surface area contributed by atoms with Crippen molar-refractivity contribution >= 4 is 16.1 Å². The molecule has 6 heteroatoms. The van der Waals surface area contributed by atoms with Gasteiger partial charge in [-0.25, -0.2) is 13.1 Å². The highest BCUT2D eigenvalue weighted by atomic mass is 32.2. The van der Waals surface area contributed by atoms with Crippen LogP contribution in [0.5, 0.6) is 0 Å². The van der Waals surface area contributed by atoms with Gasteiger partial charge >= 0.3 is 0 Å². The fourth-order valence-electron chi connectivity index (χ4n) is 2.41. The Balaban J connectivity index is 1.67. The Morgan fingerprint density at radius 3 is 2.40 bits per heavy atom. The summed E-state index contributed by atoms with van der Waals surface area (Å²) in [6.07, 6.45) is 5.18. The Hall–Kier alpha value is -2.70. The molecule has 0 radical (unpaired) electrons. The minimum absolute atomic E-state index is 0.235. The van der Waals surface area contributed by atoms with Crippen molar-refractivity contribution in [2.75, 3.05) is 0 Å². The molecule has 0 aliphatic rings. The van der Waals surface area contributed by atoms with Gasteiger partial charge < -0.3 is 0 Å². The minimum Gasteiger partial charge on any atom is -0.268 e. The van der Waals surface area contributed by atoms with Crippen molar-refractivity contribution in [2.24, 2.45) is 0 Å². The molecule has 0 unspecified atom stereocenters. The average molecular weight is 353 g/mol. The zero-order valence-corrected chi connectivity index (χ0v) is 14.4. The van der Waals surface area contributed by atoms with Gasteiger partial charge in [-0.15, -0.1) is 0 Å². The molecule has 5 nitrogen and oxygen atoms in total. The Morgan fingerprint density at radius 1 is 0.960 bits per heavy atom. The summed E-state index contributed by atoms with van der Waals surface area (Å²) in [4.78, 5) is 0. The van der Waals surface area contributed by atoms with Crippen LogP contribution >= 0.6 is 0 Å².